The smallest absolute Gasteiger partial charge is 0.330 e. The molecule has 0 aliphatic rings. The van der Waals surface area contributed by atoms with E-state index in [1.54, 1.807) is 0 Å². The van der Waals surface area contributed by atoms with Crippen LogP contribution in [0.5, 0.6) is 0 Å². The lowest BCUT2D eigenvalue weighted by Gasteiger charge is -2.16. The molecule has 0 aromatic carbocycles. The third kappa shape index (κ3) is 3.75. The zero-order valence-electron chi connectivity index (χ0n) is 6.36. The molecule has 2 atom stereocenters. The largest absolute Gasteiger partial charge is 0.454 e. The molecule has 0 bridgehead atoms. The molecule has 0 fully saturated rings. The topological polar surface area (TPSA) is 66.8 Å². The molecule has 0 saturated carbocycles. The summed E-state index contributed by atoms with van der Waals surface area (Å²) in [5, 5.41) is 17.5. The quantitative estimate of drug-likeness (QED) is 0.428. The first-order valence-electron chi connectivity index (χ1n) is 3.23. The maximum atomic E-state index is 10.5. The number of hydrogen-bond donors (Lipinski definition) is 2. The van der Waals surface area contributed by atoms with Gasteiger partial charge >= 0.3 is 5.97 Å². The van der Waals surface area contributed by atoms with Gasteiger partial charge in [0.25, 0.3) is 0 Å². The maximum Gasteiger partial charge on any atom is 0.330 e. The van der Waals surface area contributed by atoms with Gasteiger partial charge in [-0.1, -0.05) is 6.58 Å². The number of aliphatic hydroxyl groups excluding tert-OH is 2. The van der Waals surface area contributed by atoms with E-state index in [2.05, 4.69) is 11.3 Å². The third-order valence-corrected chi connectivity index (χ3v) is 1.15. The van der Waals surface area contributed by atoms with Gasteiger partial charge in [0.1, 0.15) is 0 Å². The summed E-state index contributed by atoms with van der Waals surface area (Å²) in [7, 11) is 0. The van der Waals surface area contributed by atoms with E-state index >= 15 is 0 Å². The Morgan fingerprint density at radius 2 is 2.36 bits per heavy atom. The highest BCUT2D eigenvalue weighted by Gasteiger charge is 2.16. The molecule has 0 aromatic heterocycles. The van der Waals surface area contributed by atoms with Crippen LogP contribution in [0.4, 0.5) is 0 Å². The predicted octanol–water partition coefficient (Wildman–Crippen LogP) is -0.543. The van der Waals surface area contributed by atoms with E-state index in [9.17, 15) is 4.79 Å². The number of carbonyl (C=O) groups is 1. The Morgan fingerprint density at radius 1 is 1.82 bits per heavy atom. The van der Waals surface area contributed by atoms with Crippen LogP contribution in [0.15, 0.2) is 12.7 Å². The second-order valence-electron chi connectivity index (χ2n) is 2.10. The number of esters is 1. The Kier molecular flexibility index (Phi) is 4.49. The van der Waals surface area contributed by atoms with E-state index in [1.807, 2.05) is 0 Å². The molecule has 0 aliphatic carbocycles. The Labute approximate surface area is 65.1 Å². The van der Waals surface area contributed by atoms with Crippen LogP contribution in [0, 0.1) is 0 Å². The predicted molar refractivity (Wildman–Crippen MR) is 38.8 cm³/mol. The third-order valence-electron chi connectivity index (χ3n) is 1.15. The molecular weight excluding hydrogens is 148 g/mol. The summed E-state index contributed by atoms with van der Waals surface area (Å²) in [6, 6.07) is 0. The van der Waals surface area contributed by atoms with Gasteiger partial charge < -0.3 is 14.9 Å². The van der Waals surface area contributed by atoms with E-state index in [-0.39, 0.29) is 0 Å². The molecule has 4 heteroatoms. The van der Waals surface area contributed by atoms with Gasteiger partial charge in [0, 0.05) is 6.08 Å². The van der Waals surface area contributed by atoms with Crippen LogP contribution in [0.2, 0.25) is 0 Å². The Bertz CT molecular complexity index is 141. The SMILES string of the molecule is C=CC(=O)OC(CO)C(C)O. The average Bonchev–Trinajstić information content (AvgIpc) is 1.99. The Morgan fingerprint density at radius 3 is 2.64 bits per heavy atom. The van der Waals surface area contributed by atoms with E-state index in [0.29, 0.717) is 0 Å². The monoisotopic (exact) mass is 160 g/mol. The minimum absolute atomic E-state index is 0.392. The van der Waals surface area contributed by atoms with Gasteiger partial charge in [-0.3, -0.25) is 0 Å². The lowest BCUT2D eigenvalue weighted by atomic mass is 10.2. The number of aliphatic hydroxyl groups is 2. The fourth-order valence-corrected chi connectivity index (χ4v) is 0.486. The molecule has 0 aliphatic heterocycles. The molecule has 0 aromatic rings. The molecule has 0 heterocycles. The zero-order valence-corrected chi connectivity index (χ0v) is 6.36. The standard InChI is InChI=1S/C7H12O4/c1-3-7(10)11-6(4-8)5(2)9/h3,5-6,8-9H,1,4H2,2H3. The second-order valence-corrected chi connectivity index (χ2v) is 2.10. The van der Waals surface area contributed by atoms with Crippen LogP contribution in [0.3, 0.4) is 0 Å². The number of ether oxygens (including phenoxy) is 1. The summed E-state index contributed by atoms with van der Waals surface area (Å²) < 4.78 is 4.55. The molecule has 0 radical (unpaired) electrons. The van der Waals surface area contributed by atoms with Gasteiger partial charge in [0.2, 0.25) is 0 Å². The fourth-order valence-electron chi connectivity index (χ4n) is 0.486. The van der Waals surface area contributed by atoms with E-state index in [4.69, 9.17) is 10.2 Å². The maximum absolute atomic E-state index is 10.5. The van der Waals surface area contributed by atoms with Crippen molar-refractivity contribution < 1.29 is 19.7 Å². The number of carbonyl (C=O) groups excluding carboxylic acids is 1. The lowest BCUT2D eigenvalue weighted by molar-refractivity contribution is -0.151. The molecule has 0 spiro atoms. The van der Waals surface area contributed by atoms with Gasteiger partial charge in [0.15, 0.2) is 6.10 Å². The van der Waals surface area contributed by atoms with Crippen LogP contribution in [-0.4, -0.2) is 35.0 Å². The molecule has 4 nitrogen and oxygen atoms in total. The Hall–Kier alpha value is -0.870. The van der Waals surface area contributed by atoms with Crippen molar-refractivity contribution in [3.63, 3.8) is 0 Å². The molecule has 11 heavy (non-hydrogen) atoms. The van der Waals surface area contributed by atoms with Gasteiger partial charge in [0.05, 0.1) is 12.7 Å². The summed E-state index contributed by atoms with van der Waals surface area (Å²) >= 11 is 0. The average molecular weight is 160 g/mol. The van der Waals surface area contributed by atoms with Crippen molar-refractivity contribution in [2.45, 2.75) is 19.1 Å². The van der Waals surface area contributed by atoms with Crippen molar-refractivity contribution in [2.24, 2.45) is 0 Å². The summed E-state index contributed by atoms with van der Waals surface area (Å²) in [6.07, 6.45) is -0.755. The van der Waals surface area contributed by atoms with Gasteiger partial charge in [-0.05, 0) is 6.92 Å². The summed E-state index contributed by atoms with van der Waals surface area (Å²) in [5.74, 6) is -0.648. The number of hydrogen-bond acceptors (Lipinski definition) is 4. The normalized spacial score (nSPS) is 15.2. The van der Waals surface area contributed by atoms with Crippen LogP contribution >= 0.6 is 0 Å². The first-order chi connectivity index (χ1) is 5.11. The summed E-state index contributed by atoms with van der Waals surface area (Å²) in [5.41, 5.74) is 0. The van der Waals surface area contributed by atoms with Gasteiger partial charge in [-0.25, -0.2) is 4.79 Å². The molecule has 64 valence electrons. The fraction of sp³-hybridized carbons (Fsp3) is 0.571. The minimum atomic E-state index is -0.871. The highest BCUT2D eigenvalue weighted by Crippen LogP contribution is 1.98. The molecule has 2 unspecified atom stereocenters. The summed E-state index contributed by atoms with van der Waals surface area (Å²) in [6.45, 7) is 4.21. The van der Waals surface area contributed by atoms with E-state index < -0.39 is 24.8 Å². The first kappa shape index (κ1) is 10.1. The van der Waals surface area contributed by atoms with Crippen molar-refractivity contribution in [1.82, 2.24) is 0 Å². The second kappa shape index (κ2) is 4.87. The van der Waals surface area contributed by atoms with Crippen molar-refractivity contribution in [3.8, 4) is 0 Å². The molecule has 0 rings (SSSR count). The molecule has 0 saturated heterocycles. The van der Waals surface area contributed by atoms with Crippen LogP contribution < -0.4 is 0 Å². The Balaban J connectivity index is 3.87. The van der Waals surface area contributed by atoms with Crippen LogP contribution in [0.1, 0.15) is 6.92 Å². The van der Waals surface area contributed by atoms with E-state index in [0.717, 1.165) is 6.08 Å². The lowest BCUT2D eigenvalue weighted by Crippen LogP contribution is -2.31. The van der Waals surface area contributed by atoms with Crippen LogP contribution in [-0.2, 0) is 9.53 Å². The van der Waals surface area contributed by atoms with Crippen molar-refractivity contribution in [2.75, 3.05) is 6.61 Å². The molecule has 0 amide bonds. The summed E-state index contributed by atoms with van der Waals surface area (Å²) in [4.78, 5) is 10.5. The molecular formula is C7H12O4. The zero-order chi connectivity index (χ0) is 8.85. The minimum Gasteiger partial charge on any atom is -0.454 e. The highest BCUT2D eigenvalue weighted by molar-refractivity contribution is 5.81. The van der Waals surface area contributed by atoms with Gasteiger partial charge in [-0.15, -0.1) is 0 Å². The van der Waals surface area contributed by atoms with Gasteiger partial charge in [-0.2, -0.15) is 0 Å². The highest BCUT2D eigenvalue weighted by atomic mass is 16.6. The van der Waals surface area contributed by atoms with E-state index in [1.165, 1.54) is 6.92 Å². The van der Waals surface area contributed by atoms with Crippen molar-refractivity contribution in [1.29, 1.82) is 0 Å². The first-order valence-corrected chi connectivity index (χ1v) is 3.23. The van der Waals surface area contributed by atoms with Crippen molar-refractivity contribution >= 4 is 5.97 Å². The molecule has 2 N–H and O–H groups in total. The van der Waals surface area contributed by atoms with Crippen LogP contribution in [0.25, 0.3) is 0 Å². The van der Waals surface area contributed by atoms with Crippen molar-refractivity contribution in [3.05, 3.63) is 12.7 Å². The number of rotatable bonds is 4.